The van der Waals surface area contributed by atoms with E-state index in [9.17, 15) is 5.11 Å². The van der Waals surface area contributed by atoms with Gasteiger partial charge in [-0.1, -0.05) is 0 Å². The maximum Gasteiger partial charge on any atom is 0.215 e. The maximum absolute atomic E-state index is 9.87. The predicted octanol–water partition coefficient (Wildman–Crippen LogP) is 2.09. The number of aromatic nitrogens is 3. The average Bonchev–Trinajstić information content (AvgIpc) is 3.12. The summed E-state index contributed by atoms with van der Waals surface area (Å²) in [5, 5.41) is 13.3. The molecule has 0 spiro atoms. The second kappa shape index (κ2) is 5.73. The molecule has 2 aromatic rings. The van der Waals surface area contributed by atoms with E-state index in [-0.39, 0.29) is 11.9 Å². The molecule has 4 heterocycles. The second-order valence-corrected chi connectivity index (χ2v) is 5.79. The van der Waals surface area contributed by atoms with Crippen molar-refractivity contribution >= 4 is 35.9 Å². The van der Waals surface area contributed by atoms with Gasteiger partial charge in [-0.2, -0.15) is 0 Å². The van der Waals surface area contributed by atoms with Crippen LogP contribution >= 0.6 is 12.2 Å². The number of H-pyrrole nitrogens is 2. The largest absolute Gasteiger partial charge is 0.493 e. The lowest BCUT2D eigenvalue weighted by molar-refractivity contribution is 0.0768. The van der Waals surface area contributed by atoms with Gasteiger partial charge in [0.25, 0.3) is 0 Å². The van der Waals surface area contributed by atoms with Crippen molar-refractivity contribution in [3.8, 4) is 5.88 Å². The molecular formula is C15H15N5O2S. The molecule has 2 aromatic heterocycles. The highest BCUT2D eigenvalue weighted by Gasteiger charge is 2.25. The molecule has 0 radical (unpaired) electrons. The second-order valence-electron chi connectivity index (χ2n) is 5.38. The van der Waals surface area contributed by atoms with E-state index in [1.54, 1.807) is 12.4 Å². The minimum atomic E-state index is 0.00825. The van der Waals surface area contributed by atoms with Gasteiger partial charge in [0.2, 0.25) is 5.88 Å². The zero-order chi connectivity index (χ0) is 15.8. The number of aromatic hydroxyl groups is 1. The van der Waals surface area contributed by atoms with Crippen molar-refractivity contribution < 1.29 is 9.84 Å². The van der Waals surface area contributed by atoms with E-state index in [0.29, 0.717) is 22.9 Å². The number of fused-ring (bicyclic) bond motifs is 1. The van der Waals surface area contributed by atoms with E-state index in [1.165, 1.54) is 0 Å². The average molecular weight is 329 g/mol. The highest BCUT2D eigenvalue weighted by molar-refractivity contribution is 7.71. The molecule has 2 aliphatic heterocycles. The summed E-state index contributed by atoms with van der Waals surface area (Å²) in [7, 11) is 0. The molecule has 0 amide bonds. The van der Waals surface area contributed by atoms with E-state index in [2.05, 4.69) is 25.3 Å². The Morgan fingerprint density at radius 1 is 1.39 bits per heavy atom. The number of morpholine rings is 1. The molecule has 0 aliphatic carbocycles. The monoisotopic (exact) mass is 329 g/mol. The zero-order valence-electron chi connectivity index (χ0n) is 12.2. The van der Waals surface area contributed by atoms with Crippen molar-refractivity contribution in [2.75, 3.05) is 19.8 Å². The fourth-order valence-corrected chi connectivity index (χ4v) is 3.07. The van der Waals surface area contributed by atoms with Crippen molar-refractivity contribution in [2.24, 2.45) is 4.99 Å². The SMILES string of the molecule is Oc1[nH]c(=S)[nH]c1C=C1C=Nc2nccc(C3COCCN3)c21. The Bertz CT molecular complexity index is 861. The van der Waals surface area contributed by atoms with Gasteiger partial charge >= 0.3 is 0 Å². The number of hydrogen-bond donors (Lipinski definition) is 4. The molecule has 0 saturated carbocycles. The van der Waals surface area contributed by atoms with Crippen LogP contribution in [0.1, 0.15) is 22.9 Å². The first-order valence-corrected chi connectivity index (χ1v) is 7.70. The fourth-order valence-electron chi connectivity index (χ4n) is 2.87. The zero-order valence-corrected chi connectivity index (χ0v) is 13.0. The Kier molecular flexibility index (Phi) is 3.56. The Morgan fingerprint density at radius 3 is 3.04 bits per heavy atom. The number of nitrogens with one attached hydrogen (secondary N) is 3. The Morgan fingerprint density at radius 2 is 2.30 bits per heavy atom. The molecule has 118 valence electrons. The van der Waals surface area contributed by atoms with Gasteiger partial charge < -0.3 is 25.1 Å². The number of ether oxygens (including phenoxy) is 1. The topological polar surface area (TPSA) is 98.3 Å². The summed E-state index contributed by atoms with van der Waals surface area (Å²) < 4.78 is 5.94. The van der Waals surface area contributed by atoms with Gasteiger partial charge in [-0.05, 0) is 29.9 Å². The van der Waals surface area contributed by atoms with E-state index in [0.717, 1.165) is 29.9 Å². The molecule has 1 fully saturated rings. The van der Waals surface area contributed by atoms with Crippen LogP contribution in [0.2, 0.25) is 0 Å². The number of imidazole rings is 1. The summed E-state index contributed by atoms with van der Waals surface area (Å²) >= 11 is 4.99. The van der Waals surface area contributed by atoms with Gasteiger partial charge in [0.05, 0.1) is 19.3 Å². The third-order valence-electron chi connectivity index (χ3n) is 3.91. The lowest BCUT2D eigenvalue weighted by atomic mass is 9.96. The van der Waals surface area contributed by atoms with Crippen LogP contribution in [-0.2, 0) is 4.74 Å². The molecular weight excluding hydrogens is 314 g/mol. The first kappa shape index (κ1) is 14.3. The summed E-state index contributed by atoms with van der Waals surface area (Å²) in [5.41, 5.74) is 3.44. The molecule has 2 aliphatic rings. The van der Waals surface area contributed by atoms with Crippen LogP contribution in [0.5, 0.6) is 5.88 Å². The summed E-state index contributed by atoms with van der Waals surface area (Å²) in [5.74, 6) is 0.684. The number of pyridine rings is 1. The van der Waals surface area contributed by atoms with Crippen molar-refractivity contribution in [1.82, 2.24) is 20.3 Å². The summed E-state index contributed by atoms with van der Waals surface area (Å²) in [6, 6.07) is 2.08. The molecule has 0 aromatic carbocycles. The normalized spacial score (nSPS) is 21.7. The summed E-state index contributed by atoms with van der Waals surface area (Å²) in [4.78, 5) is 14.3. The van der Waals surface area contributed by atoms with Crippen LogP contribution in [-0.4, -0.2) is 46.0 Å². The molecule has 8 heteroatoms. The molecule has 1 atom stereocenters. The van der Waals surface area contributed by atoms with E-state index in [4.69, 9.17) is 17.0 Å². The highest BCUT2D eigenvalue weighted by atomic mass is 32.1. The standard InChI is InChI=1S/C15H15N5O2S/c21-14-10(19-15(23)20-14)5-8-6-18-13-12(8)9(1-2-17-13)11-7-22-4-3-16-11/h1-2,5-6,11,16,21H,3-4,7H2,(H2,19,20,23). The number of nitrogens with zero attached hydrogens (tertiary/aromatic N) is 2. The minimum Gasteiger partial charge on any atom is -0.493 e. The fraction of sp³-hybridized carbons (Fsp3) is 0.267. The molecule has 4 rings (SSSR count). The first-order chi connectivity index (χ1) is 11.2. The molecule has 1 unspecified atom stereocenters. The number of aromatic amines is 2. The lowest BCUT2D eigenvalue weighted by Crippen LogP contribution is -2.35. The summed E-state index contributed by atoms with van der Waals surface area (Å²) in [6.45, 7) is 2.14. The number of hydrogen-bond acceptors (Lipinski definition) is 6. The number of rotatable bonds is 2. The minimum absolute atomic E-state index is 0.00825. The first-order valence-electron chi connectivity index (χ1n) is 7.30. The maximum atomic E-state index is 9.87. The Hall–Kier alpha value is -2.29. The Balaban J connectivity index is 1.79. The van der Waals surface area contributed by atoms with Crippen molar-refractivity contribution in [2.45, 2.75) is 6.04 Å². The third-order valence-corrected chi connectivity index (χ3v) is 4.11. The molecule has 7 nitrogen and oxygen atoms in total. The van der Waals surface area contributed by atoms with Gasteiger partial charge in [-0.15, -0.1) is 0 Å². The smallest absolute Gasteiger partial charge is 0.215 e. The van der Waals surface area contributed by atoms with Crippen LogP contribution in [0.25, 0.3) is 11.6 Å². The van der Waals surface area contributed by atoms with Crippen LogP contribution in [0, 0.1) is 4.77 Å². The van der Waals surface area contributed by atoms with Crippen LogP contribution < -0.4 is 5.32 Å². The van der Waals surface area contributed by atoms with Gasteiger partial charge in [-0.3, -0.25) is 0 Å². The summed E-state index contributed by atoms with van der Waals surface area (Å²) in [6.07, 6.45) is 5.31. The molecule has 0 bridgehead atoms. The number of allylic oxidation sites excluding steroid dienone is 1. The number of aliphatic imine (C=N–C) groups is 1. The lowest BCUT2D eigenvalue weighted by Gasteiger charge is -2.25. The van der Waals surface area contributed by atoms with Gasteiger partial charge in [-0.25, -0.2) is 9.98 Å². The van der Waals surface area contributed by atoms with E-state index < -0.39 is 0 Å². The Labute approximate surface area is 137 Å². The van der Waals surface area contributed by atoms with Crippen LogP contribution in [0.4, 0.5) is 5.82 Å². The molecule has 4 N–H and O–H groups in total. The van der Waals surface area contributed by atoms with Crippen molar-refractivity contribution in [3.63, 3.8) is 0 Å². The van der Waals surface area contributed by atoms with Crippen molar-refractivity contribution in [3.05, 3.63) is 33.9 Å². The van der Waals surface area contributed by atoms with Gasteiger partial charge in [0.1, 0.15) is 5.69 Å². The highest BCUT2D eigenvalue weighted by Crippen LogP contribution is 2.37. The third kappa shape index (κ3) is 2.61. The van der Waals surface area contributed by atoms with E-state index in [1.807, 2.05) is 12.1 Å². The van der Waals surface area contributed by atoms with Gasteiger partial charge in [0, 0.05) is 30.1 Å². The quantitative estimate of drug-likeness (QED) is 0.633. The van der Waals surface area contributed by atoms with Gasteiger partial charge in [0.15, 0.2) is 10.6 Å². The molecule has 1 saturated heterocycles. The predicted molar refractivity (Wildman–Crippen MR) is 89.5 cm³/mol. The van der Waals surface area contributed by atoms with Crippen LogP contribution in [0.15, 0.2) is 17.3 Å². The molecule has 23 heavy (non-hydrogen) atoms. The van der Waals surface area contributed by atoms with Crippen molar-refractivity contribution in [1.29, 1.82) is 0 Å². The van der Waals surface area contributed by atoms with E-state index >= 15 is 0 Å². The van der Waals surface area contributed by atoms with Crippen LogP contribution in [0.3, 0.4) is 0 Å².